The number of rotatable bonds is 4. The predicted molar refractivity (Wildman–Crippen MR) is 123 cm³/mol. The Morgan fingerprint density at radius 2 is 2.00 bits per heavy atom. The van der Waals surface area contributed by atoms with Crippen molar-refractivity contribution in [3.8, 4) is 11.3 Å². The molecule has 10 heteroatoms. The van der Waals surface area contributed by atoms with Crippen LogP contribution in [0.4, 0.5) is 10.7 Å². The normalized spacial score (nSPS) is 22.1. The van der Waals surface area contributed by atoms with Gasteiger partial charge in [-0.25, -0.2) is 9.78 Å². The minimum Gasteiger partial charge on any atom is -0.465 e. The van der Waals surface area contributed by atoms with Crippen molar-refractivity contribution in [3.05, 3.63) is 45.9 Å². The largest absolute Gasteiger partial charge is 0.465 e. The number of aromatic nitrogens is 3. The SMILES string of the molecule is CC1NC(=O)c2cc(-c3cccc4c(=O)n(C)c(NC5CCCC(NC(=O)O)C5)nc34)[nH]c21. The Balaban J connectivity index is 1.53. The first-order valence-corrected chi connectivity index (χ1v) is 11.1. The maximum absolute atomic E-state index is 13.1. The Bertz CT molecular complexity index is 1330. The van der Waals surface area contributed by atoms with E-state index < -0.39 is 6.09 Å². The monoisotopic (exact) mass is 450 g/mol. The van der Waals surface area contributed by atoms with Crippen molar-refractivity contribution in [1.29, 1.82) is 0 Å². The highest BCUT2D eigenvalue weighted by Crippen LogP contribution is 2.33. The molecule has 1 aromatic carbocycles. The third-order valence-electron chi connectivity index (χ3n) is 6.61. The highest BCUT2D eigenvalue weighted by molar-refractivity contribution is 6.01. The molecular formula is C23H26N6O4. The van der Waals surface area contributed by atoms with E-state index in [1.54, 1.807) is 19.2 Å². The second kappa shape index (κ2) is 7.95. The van der Waals surface area contributed by atoms with Gasteiger partial charge in [0.1, 0.15) is 0 Å². The van der Waals surface area contributed by atoms with Gasteiger partial charge in [0.05, 0.1) is 28.2 Å². The summed E-state index contributed by atoms with van der Waals surface area (Å²) in [6.07, 6.45) is 2.13. The third-order valence-corrected chi connectivity index (χ3v) is 6.61. The molecule has 0 radical (unpaired) electrons. The number of para-hydroxylation sites is 1. The average Bonchev–Trinajstić information content (AvgIpc) is 3.32. The van der Waals surface area contributed by atoms with Gasteiger partial charge in [0, 0.05) is 30.4 Å². The lowest BCUT2D eigenvalue weighted by molar-refractivity contribution is 0.0958. The molecule has 0 spiro atoms. The van der Waals surface area contributed by atoms with Crippen LogP contribution in [0.25, 0.3) is 22.2 Å². The zero-order valence-corrected chi connectivity index (χ0v) is 18.4. The fourth-order valence-electron chi connectivity index (χ4n) is 4.94. The van der Waals surface area contributed by atoms with Gasteiger partial charge >= 0.3 is 6.09 Å². The van der Waals surface area contributed by atoms with Gasteiger partial charge in [0.15, 0.2) is 0 Å². The summed E-state index contributed by atoms with van der Waals surface area (Å²) in [6, 6.07) is 7.01. The van der Waals surface area contributed by atoms with Gasteiger partial charge in [0.2, 0.25) is 5.95 Å². The highest BCUT2D eigenvalue weighted by atomic mass is 16.4. The van der Waals surface area contributed by atoms with E-state index in [1.807, 2.05) is 19.1 Å². The lowest BCUT2D eigenvalue weighted by atomic mass is 9.91. The van der Waals surface area contributed by atoms with E-state index >= 15 is 0 Å². The van der Waals surface area contributed by atoms with Crippen LogP contribution in [0, 0.1) is 0 Å². The molecule has 172 valence electrons. The second-order valence-electron chi connectivity index (χ2n) is 8.86. The number of fused-ring (bicyclic) bond motifs is 2. The predicted octanol–water partition coefficient (Wildman–Crippen LogP) is 2.72. The number of hydrogen-bond acceptors (Lipinski definition) is 5. The lowest BCUT2D eigenvalue weighted by Crippen LogP contribution is -2.41. The van der Waals surface area contributed by atoms with Crippen molar-refractivity contribution in [2.45, 2.75) is 50.7 Å². The summed E-state index contributed by atoms with van der Waals surface area (Å²) in [5.74, 6) is 0.319. The summed E-state index contributed by atoms with van der Waals surface area (Å²) >= 11 is 0. The Labute approximate surface area is 189 Å². The van der Waals surface area contributed by atoms with Crippen LogP contribution in [0.5, 0.6) is 0 Å². The maximum Gasteiger partial charge on any atom is 0.404 e. The van der Waals surface area contributed by atoms with E-state index in [1.165, 1.54) is 4.57 Å². The topological polar surface area (TPSA) is 141 Å². The molecule has 3 heterocycles. The number of aromatic amines is 1. The number of H-pyrrole nitrogens is 1. The molecule has 5 N–H and O–H groups in total. The van der Waals surface area contributed by atoms with Crippen molar-refractivity contribution in [1.82, 2.24) is 25.2 Å². The van der Waals surface area contributed by atoms with Crippen LogP contribution in [0.1, 0.15) is 54.7 Å². The highest BCUT2D eigenvalue weighted by Gasteiger charge is 2.29. The number of nitrogens with zero attached hydrogens (tertiary/aromatic N) is 2. The quantitative estimate of drug-likeness (QED) is 0.414. The molecule has 0 bridgehead atoms. The summed E-state index contributed by atoms with van der Waals surface area (Å²) in [6.45, 7) is 1.92. The molecule has 1 saturated carbocycles. The van der Waals surface area contributed by atoms with E-state index in [2.05, 4.69) is 20.9 Å². The molecule has 2 aromatic heterocycles. The number of carbonyl (C=O) groups is 2. The Hall–Kier alpha value is -3.82. The summed E-state index contributed by atoms with van der Waals surface area (Å²) in [5.41, 5.74) is 3.29. The number of amides is 2. The van der Waals surface area contributed by atoms with Crippen molar-refractivity contribution < 1.29 is 14.7 Å². The van der Waals surface area contributed by atoms with Crippen molar-refractivity contribution >= 4 is 28.9 Å². The molecule has 1 aliphatic heterocycles. The molecule has 10 nitrogen and oxygen atoms in total. The summed E-state index contributed by atoms with van der Waals surface area (Å²) in [7, 11) is 1.68. The fourth-order valence-corrected chi connectivity index (χ4v) is 4.94. The smallest absolute Gasteiger partial charge is 0.404 e. The van der Waals surface area contributed by atoms with Crippen molar-refractivity contribution in [2.75, 3.05) is 5.32 Å². The zero-order valence-electron chi connectivity index (χ0n) is 18.4. The fraction of sp³-hybridized carbons (Fsp3) is 0.391. The van der Waals surface area contributed by atoms with Crippen LogP contribution < -0.4 is 21.5 Å². The van der Waals surface area contributed by atoms with Gasteiger partial charge in [-0.3, -0.25) is 14.2 Å². The third kappa shape index (κ3) is 3.71. The molecule has 3 aromatic rings. The molecule has 0 saturated heterocycles. The van der Waals surface area contributed by atoms with E-state index in [-0.39, 0.29) is 29.6 Å². The summed E-state index contributed by atoms with van der Waals surface area (Å²) < 4.78 is 1.49. The van der Waals surface area contributed by atoms with Gasteiger partial charge < -0.3 is 26.0 Å². The minimum absolute atomic E-state index is 0.00264. The minimum atomic E-state index is -1.03. The van der Waals surface area contributed by atoms with Gasteiger partial charge in [-0.2, -0.15) is 0 Å². The number of hydrogen-bond donors (Lipinski definition) is 5. The maximum atomic E-state index is 13.1. The first-order valence-electron chi connectivity index (χ1n) is 11.1. The number of carbonyl (C=O) groups excluding carboxylic acids is 1. The van der Waals surface area contributed by atoms with Crippen LogP contribution in [-0.4, -0.2) is 43.7 Å². The Kier molecular flexibility index (Phi) is 5.07. The Morgan fingerprint density at radius 3 is 2.76 bits per heavy atom. The lowest BCUT2D eigenvalue weighted by Gasteiger charge is -2.30. The number of anilines is 1. The van der Waals surface area contributed by atoms with Crippen LogP contribution in [0.15, 0.2) is 29.1 Å². The van der Waals surface area contributed by atoms with Gasteiger partial charge in [-0.05, 0) is 44.7 Å². The zero-order chi connectivity index (χ0) is 23.3. The standard InChI is InChI=1S/C23H26N6O4/c1-11-18-16(20(30)24-11)10-17(27-18)14-7-4-8-15-19(14)28-22(29(2)21(15)31)25-12-5-3-6-13(9-12)26-23(32)33/h4,7-8,10-13,26-27H,3,5-6,9H2,1-2H3,(H,24,30)(H,25,28)(H,32,33). The van der Waals surface area contributed by atoms with Crippen molar-refractivity contribution in [3.63, 3.8) is 0 Å². The van der Waals surface area contributed by atoms with Gasteiger partial charge in [-0.1, -0.05) is 12.1 Å². The van der Waals surface area contributed by atoms with Crippen LogP contribution >= 0.6 is 0 Å². The molecule has 3 atom stereocenters. The number of benzene rings is 1. The summed E-state index contributed by atoms with van der Waals surface area (Å²) in [4.78, 5) is 44.5. The second-order valence-corrected chi connectivity index (χ2v) is 8.86. The molecule has 1 fully saturated rings. The molecule has 33 heavy (non-hydrogen) atoms. The first-order chi connectivity index (χ1) is 15.8. The summed E-state index contributed by atoms with van der Waals surface area (Å²) in [5, 5.41) is 18.3. The van der Waals surface area contributed by atoms with Gasteiger partial charge in [0.25, 0.3) is 11.5 Å². The molecule has 3 unspecified atom stereocenters. The number of nitrogens with one attached hydrogen (secondary N) is 4. The molecule has 2 aliphatic rings. The Morgan fingerprint density at radius 1 is 1.21 bits per heavy atom. The van der Waals surface area contributed by atoms with E-state index in [9.17, 15) is 14.4 Å². The number of carboxylic acid groups (broad SMARTS) is 1. The average molecular weight is 450 g/mol. The first kappa shape index (κ1) is 21.0. The van der Waals surface area contributed by atoms with Crippen LogP contribution in [0.3, 0.4) is 0 Å². The molecule has 5 rings (SSSR count). The molecular weight excluding hydrogens is 424 g/mol. The van der Waals surface area contributed by atoms with Crippen molar-refractivity contribution in [2.24, 2.45) is 7.05 Å². The molecule has 2 amide bonds. The van der Waals surface area contributed by atoms with Crippen LogP contribution in [-0.2, 0) is 7.05 Å². The van der Waals surface area contributed by atoms with Crippen LogP contribution in [0.2, 0.25) is 0 Å². The van der Waals surface area contributed by atoms with E-state index in [0.717, 1.165) is 36.2 Å². The van der Waals surface area contributed by atoms with E-state index in [0.29, 0.717) is 28.8 Å². The van der Waals surface area contributed by atoms with Gasteiger partial charge in [-0.15, -0.1) is 0 Å². The van der Waals surface area contributed by atoms with E-state index in [4.69, 9.17) is 10.1 Å². The molecule has 1 aliphatic carbocycles.